The number of hydrogen-bond acceptors (Lipinski definition) is 3. The van der Waals surface area contributed by atoms with Crippen molar-refractivity contribution in [3.05, 3.63) is 59.8 Å². The largest absolute Gasteiger partial charge is 0.465 e. The lowest BCUT2D eigenvalue weighted by atomic mass is 10.1. The Labute approximate surface area is 120 Å². The number of pyridine rings is 1. The molecule has 0 aliphatic heterocycles. The van der Waals surface area contributed by atoms with Gasteiger partial charge in [-0.2, -0.15) is 0 Å². The first-order valence-corrected chi connectivity index (χ1v) is 6.96. The number of rotatable bonds is 6. The molecule has 2 rings (SSSR count). The van der Waals surface area contributed by atoms with E-state index in [-0.39, 0.29) is 0 Å². The Morgan fingerprint density at radius 1 is 1.35 bits per heavy atom. The zero-order valence-corrected chi connectivity index (χ0v) is 12.4. The predicted molar refractivity (Wildman–Crippen MR) is 82.4 cm³/mol. The summed E-state index contributed by atoms with van der Waals surface area (Å²) in [5, 5.41) is 0. The van der Waals surface area contributed by atoms with Crippen LogP contribution in [-0.2, 0) is 6.42 Å². The van der Waals surface area contributed by atoms with E-state index in [0.717, 1.165) is 24.4 Å². The molecule has 3 heteroatoms. The summed E-state index contributed by atoms with van der Waals surface area (Å²) < 4.78 is 5.34. The topological polar surface area (TPSA) is 29.3 Å². The van der Waals surface area contributed by atoms with Gasteiger partial charge in [-0.3, -0.25) is 9.88 Å². The molecule has 2 aromatic rings. The van der Waals surface area contributed by atoms with Gasteiger partial charge in [0.1, 0.15) is 5.76 Å². The molecule has 0 spiro atoms. The molecule has 0 aliphatic carbocycles. The van der Waals surface area contributed by atoms with Crippen molar-refractivity contribution in [3.8, 4) is 0 Å². The van der Waals surface area contributed by atoms with Crippen molar-refractivity contribution < 1.29 is 4.42 Å². The van der Waals surface area contributed by atoms with Crippen molar-refractivity contribution in [1.82, 2.24) is 9.88 Å². The summed E-state index contributed by atoms with van der Waals surface area (Å²) >= 11 is 0. The Bertz CT molecular complexity index is 531. The SMILES string of the molecule is C/C(=C\c1ccco1)CN(C)[C@@H](C)Cc1ccccn1. The Morgan fingerprint density at radius 2 is 2.20 bits per heavy atom. The second kappa shape index (κ2) is 7.06. The molecular weight excluding hydrogens is 248 g/mol. The highest BCUT2D eigenvalue weighted by Gasteiger charge is 2.11. The fraction of sp³-hybridized carbons (Fsp3) is 0.353. The van der Waals surface area contributed by atoms with Crippen LogP contribution in [0.4, 0.5) is 0 Å². The minimum absolute atomic E-state index is 0.449. The molecule has 0 fully saturated rings. The minimum atomic E-state index is 0.449. The number of nitrogens with zero attached hydrogens (tertiary/aromatic N) is 2. The van der Waals surface area contributed by atoms with Gasteiger partial charge in [0.2, 0.25) is 0 Å². The Kier molecular flexibility index (Phi) is 5.13. The van der Waals surface area contributed by atoms with Gasteiger partial charge in [-0.25, -0.2) is 0 Å². The van der Waals surface area contributed by atoms with Crippen molar-refractivity contribution in [3.63, 3.8) is 0 Å². The molecule has 20 heavy (non-hydrogen) atoms. The van der Waals surface area contributed by atoms with E-state index in [1.807, 2.05) is 30.5 Å². The van der Waals surface area contributed by atoms with Crippen molar-refractivity contribution in [1.29, 1.82) is 0 Å². The molecule has 0 amide bonds. The van der Waals surface area contributed by atoms with E-state index in [4.69, 9.17) is 4.42 Å². The first-order chi connectivity index (χ1) is 9.65. The van der Waals surface area contributed by atoms with Gasteiger partial charge in [0.15, 0.2) is 0 Å². The van der Waals surface area contributed by atoms with E-state index in [9.17, 15) is 0 Å². The van der Waals surface area contributed by atoms with Gasteiger partial charge in [-0.15, -0.1) is 0 Å². The van der Waals surface area contributed by atoms with E-state index in [1.54, 1.807) is 6.26 Å². The molecule has 3 nitrogen and oxygen atoms in total. The van der Waals surface area contributed by atoms with E-state index in [0.29, 0.717) is 6.04 Å². The Balaban J connectivity index is 1.89. The molecule has 0 aliphatic rings. The van der Waals surface area contributed by atoms with Gasteiger partial charge in [-0.1, -0.05) is 11.6 Å². The van der Waals surface area contributed by atoms with Gasteiger partial charge in [-0.05, 0) is 51.2 Å². The second-order valence-corrected chi connectivity index (χ2v) is 5.30. The molecule has 2 aromatic heterocycles. The summed E-state index contributed by atoms with van der Waals surface area (Å²) in [6.07, 6.45) is 6.60. The van der Waals surface area contributed by atoms with E-state index in [2.05, 4.69) is 42.9 Å². The van der Waals surface area contributed by atoms with Gasteiger partial charge in [0.25, 0.3) is 0 Å². The lowest BCUT2D eigenvalue weighted by molar-refractivity contribution is 0.276. The fourth-order valence-electron chi connectivity index (χ4n) is 2.19. The molecular formula is C17H22N2O. The lowest BCUT2D eigenvalue weighted by Crippen LogP contribution is -2.32. The van der Waals surface area contributed by atoms with Crippen molar-refractivity contribution >= 4 is 6.08 Å². The summed E-state index contributed by atoms with van der Waals surface area (Å²) in [4.78, 5) is 6.72. The molecule has 106 valence electrons. The highest BCUT2D eigenvalue weighted by molar-refractivity contribution is 5.46. The monoisotopic (exact) mass is 270 g/mol. The van der Waals surface area contributed by atoms with Gasteiger partial charge in [0, 0.05) is 30.9 Å². The average Bonchev–Trinajstić information content (AvgIpc) is 2.92. The molecule has 1 atom stereocenters. The molecule has 0 aromatic carbocycles. The van der Waals surface area contributed by atoms with Crippen LogP contribution >= 0.6 is 0 Å². The molecule has 0 N–H and O–H groups in total. The number of furan rings is 1. The maximum absolute atomic E-state index is 5.34. The maximum Gasteiger partial charge on any atom is 0.126 e. The van der Waals surface area contributed by atoms with Crippen molar-refractivity contribution in [2.75, 3.05) is 13.6 Å². The van der Waals surface area contributed by atoms with Crippen LogP contribution in [0.1, 0.15) is 25.3 Å². The molecule has 0 unspecified atom stereocenters. The quantitative estimate of drug-likeness (QED) is 0.802. The first kappa shape index (κ1) is 14.5. The average molecular weight is 270 g/mol. The van der Waals surface area contributed by atoms with Crippen LogP contribution in [0.25, 0.3) is 6.08 Å². The molecule has 0 bridgehead atoms. The van der Waals surface area contributed by atoms with Crippen LogP contribution in [0.3, 0.4) is 0 Å². The molecule has 0 saturated carbocycles. The third kappa shape index (κ3) is 4.35. The van der Waals surface area contributed by atoms with E-state index < -0.39 is 0 Å². The molecule has 0 radical (unpaired) electrons. The lowest BCUT2D eigenvalue weighted by Gasteiger charge is -2.24. The van der Waals surface area contributed by atoms with Crippen molar-refractivity contribution in [2.45, 2.75) is 26.3 Å². The number of hydrogen-bond donors (Lipinski definition) is 0. The Hall–Kier alpha value is -1.87. The molecule has 0 saturated heterocycles. The minimum Gasteiger partial charge on any atom is -0.465 e. The summed E-state index contributed by atoms with van der Waals surface area (Å²) in [5.41, 5.74) is 2.43. The highest BCUT2D eigenvalue weighted by Crippen LogP contribution is 2.11. The van der Waals surface area contributed by atoms with Crippen LogP contribution in [0.5, 0.6) is 0 Å². The van der Waals surface area contributed by atoms with E-state index in [1.165, 1.54) is 5.57 Å². The van der Waals surface area contributed by atoms with Gasteiger partial charge < -0.3 is 4.42 Å². The van der Waals surface area contributed by atoms with Crippen LogP contribution in [0.2, 0.25) is 0 Å². The first-order valence-electron chi connectivity index (χ1n) is 6.96. The summed E-state index contributed by atoms with van der Waals surface area (Å²) in [6, 6.07) is 10.4. The zero-order valence-electron chi connectivity index (χ0n) is 12.4. The van der Waals surface area contributed by atoms with Gasteiger partial charge >= 0.3 is 0 Å². The van der Waals surface area contributed by atoms with Crippen LogP contribution in [0.15, 0.2) is 52.8 Å². The Morgan fingerprint density at radius 3 is 2.85 bits per heavy atom. The fourth-order valence-corrected chi connectivity index (χ4v) is 2.19. The predicted octanol–water partition coefficient (Wildman–Crippen LogP) is 3.64. The third-order valence-corrected chi connectivity index (χ3v) is 3.41. The number of likely N-dealkylation sites (N-methyl/N-ethyl adjacent to an activating group) is 1. The third-order valence-electron chi connectivity index (χ3n) is 3.41. The normalized spacial score (nSPS) is 13.7. The maximum atomic E-state index is 5.34. The summed E-state index contributed by atoms with van der Waals surface area (Å²) in [6.45, 7) is 5.29. The molecule has 2 heterocycles. The number of aromatic nitrogens is 1. The van der Waals surface area contributed by atoms with Crippen LogP contribution in [0, 0.1) is 0 Å². The highest BCUT2D eigenvalue weighted by atomic mass is 16.3. The van der Waals surface area contributed by atoms with E-state index >= 15 is 0 Å². The second-order valence-electron chi connectivity index (χ2n) is 5.30. The van der Waals surface area contributed by atoms with Crippen LogP contribution in [-0.4, -0.2) is 29.5 Å². The standard InChI is InChI=1S/C17H22N2O/c1-14(11-17-8-6-10-20-17)13-19(3)15(2)12-16-7-4-5-9-18-16/h4-11,15H,12-13H2,1-3H3/b14-11+/t15-/m0/s1. The smallest absolute Gasteiger partial charge is 0.126 e. The van der Waals surface area contributed by atoms with Gasteiger partial charge in [0.05, 0.1) is 6.26 Å². The van der Waals surface area contributed by atoms with Crippen molar-refractivity contribution in [2.24, 2.45) is 0 Å². The summed E-state index contributed by atoms with van der Waals surface area (Å²) in [5.74, 6) is 0.910. The van der Waals surface area contributed by atoms with Crippen LogP contribution < -0.4 is 0 Å². The summed E-state index contributed by atoms with van der Waals surface area (Å²) in [7, 11) is 2.15. The zero-order chi connectivity index (χ0) is 14.4.